The van der Waals surface area contributed by atoms with Crippen LogP contribution in [0.4, 0.5) is 17.2 Å². The molecule has 0 unspecified atom stereocenters. The topological polar surface area (TPSA) is 113 Å². The highest BCUT2D eigenvalue weighted by atomic mass is 16.5. The van der Waals surface area contributed by atoms with Gasteiger partial charge in [-0.1, -0.05) is 12.1 Å². The maximum atomic E-state index is 9.49. The molecule has 1 aliphatic rings. The van der Waals surface area contributed by atoms with Crippen molar-refractivity contribution in [2.45, 2.75) is 6.10 Å². The van der Waals surface area contributed by atoms with Crippen molar-refractivity contribution in [3.8, 4) is 17.0 Å². The van der Waals surface area contributed by atoms with Crippen LogP contribution >= 0.6 is 0 Å². The van der Waals surface area contributed by atoms with Crippen molar-refractivity contribution < 1.29 is 14.6 Å². The molecule has 0 aliphatic carbocycles. The molecular weight excluding hydrogens is 446 g/mol. The highest BCUT2D eigenvalue weighted by Crippen LogP contribution is 2.34. The lowest BCUT2D eigenvalue weighted by molar-refractivity contribution is 0.00347. The molecule has 1 saturated heterocycles. The number of H-pyrrole nitrogens is 1. The van der Waals surface area contributed by atoms with Crippen molar-refractivity contribution in [2.75, 3.05) is 43.6 Å². The van der Waals surface area contributed by atoms with Gasteiger partial charge in [-0.25, -0.2) is 9.97 Å². The molecule has 35 heavy (non-hydrogen) atoms. The van der Waals surface area contributed by atoms with E-state index in [0.717, 1.165) is 51.5 Å². The first kappa shape index (κ1) is 21.4. The number of nitrogens with zero attached hydrogens (tertiary/aromatic N) is 5. The Labute approximate surface area is 201 Å². The molecule has 0 bridgehead atoms. The van der Waals surface area contributed by atoms with E-state index in [2.05, 4.69) is 25.4 Å². The van der Waals surface area contributed by atoms with E-state index in [-0.39, 0.29) is 12.7 Å². The van der Waals surface area contributed by atoms with E-state index in [1.165, 1.54) is 0 Å². The Morgan fingerprint density at radius 3 is 3.09 bits per heavy atom. The van der Waals surface area contributed by atoms with Crippen LogP contribution in [0, 0.1) is 0 Å². The molecule has 6 rings (SSSR count). The summed E-state index contributed by atoms with van der Waals surface area (Å²) in [5.41, 5.74) is 5.24. The highest BCUT2D eigenvalue weighted by molar-refractivity contribution is 5.84. The van der Waals surface area contributed by atoms with Crippen molar-refractivity contribution in [1.82, 2.24) is 24.6 Å². The lowest BCUT2D eigenvalue weighted by Crippen LogP contribution is -2.44. The van der Waals surface area contributed by atoms with Crippen LogP contribution in [0.15, 0.2) is 61.2 Å². The number of imidazole rings is 1. The first-order valence-electron chi connectivity index (χ1n) is 11.4. The van der Waals surface area contributed by atoms with Crippen molar-refractivity contribution in [3.05, 3.63) is 61.2 Å². The molecular formula is C25H25N7O3. The standard InChI is InChI=1S/C25H25N7O3/c1-34-23-11-18(4-5-22(23)31-8-9-35-19(13-31)15-33)28-24-25-26-6-7-32(25)14-21(29-24)16-2-3-17-12-27-30-20(17)10-16/h2-7,10-12,14,19,33H,8-9,13,15H2,1H3,(H,27,30)(H,28,29)/t19-/m1/s1. The van der Waals surface area contributed by atoms with Crippen LogP contribution in [0.2, 0.25) is 0 Å². The molecule has 10 heteroatoms. The van der Waals surface area contributed by atoms with Crippen LogP contribution in [0.25, 0.3) is 27.8 Å². The number of aromatic nitrogens is 5. The van der Waals surface area contributed by atoms with Gasteiger partial charge in [-0.05, 0) is 18.2 Å². The minimum Gasteiger partial charge on any atom is -0.495 e. The van der Waals surface area contributed by atoms with Crippen molar-refractivity contribution >= 4 is 33.7 Å². The molecule has 1 aliphatic heterocycles. The number of hydrogen-bond acceptors (Lipinski definition) is 8. The van der Waals surface area contributed by atoms with Gasteiger partial charge in [0.2, 0.25) is 0 Å². The number of aliphatic hydroxyl groups excluding tert-OH is 1. The average molecular weight is 472 g/mol. The number of methoxy groups -OCH3 is 1. The molecule has 0 saturated carbocycles. The third kappa shape index (κ3) is 4.02. The number of nitrogens with one attached hydrogen (secondary N) is 2. The average Bonchev–Trinajstić information content (AvgIpc) is 3.57. The maximum Gasteiger partial charge on any atom is 0.180 e. The fraction of sp³-hybridized carbons (Fsp3) is 0.240. The first-order chi connectivity index (χ1) is 17.2. The Bertz CT molecular complexity index is 1500. The lowest BCUT2D eigenvalue weighted by atomic mass is 10.1. The zero-order chi connectivity index (χ0) is 23.8. The fourth-order valence-corrected chi connectivity index (χ4v) is 4.45. The normalized spacial score (nSPS) is 16.2. The molecule has 5 aromatic rings. The van der Waals surface area contributed by atoms with Gasteiger partial charge in [0.1, 0.15) is 5.75 Å². The van der Waals surface area contributed by atoms with E-state index in [4.69, 9.17) is 14.5 Å². The van der Waals surface area contributed by atoms with Crippen molar-refractivity contribution in [2.24, 2.45) is 0 Å². The molecule has 10 nitrogen and oxygen atoms in total. The van der Waals surface area contributed by atoms with Gasteiger partial charge in [0.05, 0.1) is 49.5 Å². The molecule has 0 amide bonds. The van der Waals surface area contributed by atoms with E-state index in [1.807, 2.05) is 53.2 Å². The van der Waals surface area contributed by atoms with Gasteiger partial charge < -0.3 is 29.2 Å². The molecule has 0 radical (unpaired) electrons. The molecule has 1 atom stereocenters. The number of benzene rings is 2. The summed E-state index contributed by atoms with van der Waals surface area (Å²) >= 11 is 0. The second-order valence-corrected chi connectivity index (χ2v) is 8.44. The number of anilines is 3. The van der Waals surface area contributed by atoms with E-state index >= 15 is 0 Å². The number of rotatable bonds is 6. The Morgan fingerprint density at radius 2 is 2.20 bits per heavy atom. The van der Waals surface area contributed by atoms with Gasteiger partial charge in [0, 0.05) is 54.4 Å². The first-order valence-corrected chi connectivity index (χ1v) is 11.4. The summed E-state index contributed by atoms with van der Waals surface area (Å²) in [6.45, 7) is 1.90. The molecule has 3 aromatic heterocycles. The molecule has 178 valence electrons. The fourth-order valence-electron chi connectivity index (χ4n) is 4.45. The minimum atomic E-state index is -0.201. The Morgan fingerprint density at radius 1 is 1.26 bits per heavy atom. The second kappa shape index (κ2) is 8.90. The summed E-state index contributed by atoms with van der Waals surface area (Å²) in [7, 11) is 1.66. The van der Waals surface area contributed by atoms with Gasteiger partial charge >= 0.3 is 0 Å². The quantitative estimate of drug-likeness (QED) is 0.346. The predicted octanol–water partition coefficient (Wildman–Crippen LogP) is 3.22. The van der Waals surface area contributed by atoms with E-state index in [9.17, 15) is 5.11 Å². The molecule has 3 N–H and O–H groups in total. The van der Waals surface area contributed by atoms with Gasteiger partial charge in [-0.3, -0.25) is 5.10 Å². The zero-order valence-electron chi connectivity index (χ0n) is 19.2. The van der Waals surface area contributed by atoms with Crippen LogP contribution in [0.3, 0.4) is 0 Å². The largest absolute Gasteiger partial charge is 0.495 e. The summed E-state index contributed by atoms with van der Waals surface area (Å²) < 4.78 is 13.3. The molecule has 1 fully saturated rings. The summed E-state index contributed by atoms with van der Waals surface area (Å²) in [6, 6.07) is 12.1. The van der Waals surface area contributed by atoms with Gasteiger partial charge in [-0.15, -0.1) is 0 Å². The third-order valence-electron chi connectivity index (χ3n) is 6.24. The second-order valence-electron chi connectivity index (χ2n) is 8.44. The Kier molecular flexibility index (Phi) is 5.44. The number of fused-ring (bicyclic) bond motifs is 2. The zero-order valence-corrected chi connectivity index (χ0v) is 19.2. The number of ether oxygens (including phenoxy) is 2. The molecule has 0 spiro atoms. The summed E-state index contributed by atoms with van der Waals surface area (Å²) in [4.78, 5) is 11.6. The summed E-state index contributed by atoms with van der Waals surface area (Å²) in [6.07, 6.45) is 7.22. The molecule has 2 aromatic carbocycles. The van der Waals surface area contributed by atoms with Crippen LogP contribution in [-0.4, -0.2) is 69.2 Å². The number of aliphatic hydroxyl groups is 1. The lowest BCUT2D eigenvalue weighted by Gasteiger charge is -2.34. The monoisotopic (exact) mass is 471 g/mol. The predicted molar refractivity (Wildman–Crippen MR) is 133 cm³/mol. The Hall–Kier alpha value is -4.15. The SMILES string of the molecule is COc1cc(Nc2nc(-c3ccc4cn[nH]c4c3)cn3ccnc23)ccc1N1CCO[C@@H](CO)C1. The summed E-state index contributed by atoms with van der Waals surface area (Å²) in [5, 5.41) is 21.1. The van der Waals surface area contributed by atoms with Crippen LogP contribution in [-0.2, 0) is 4.74 Å². The number of aromatic amines is 1. The Balaban J connectivity index is 1.34. The summed E-state index contributed by atoms with van der Waals surface area (Å²) in [5.74, 6) is 1.37. The van der Waals surface area contributed by atoms with Crippen molar-refractivity contribution in [3.63, 3.8) is 0 Å². The van der Waals surface area contributed by atoms with Crippen molar-refractivity contribution in [1.29, 1.82) is 0 Å². The minimum absolute atomic E-state index is 0.00587. The highest BCUT2D eigenvalue weighted by Gasteiger charge is 2.22. The van der Waals surface area contributed by atoms with Crippen LogP contribution in [0.5, 0.6) is 5.75 Å². The van der Waals surface area contributed by atoms with E-state index < -0.39 is 0 Å². The number of morpholine rings is 1. The number of hydrogen-bond donors (Lipinski definition) is 3. The van der Waals surface area contributed by atoms with E-state index in [0.29, 0.717) is 19.0 Å². The van der Waals surface area contributed by atoms with E-state index in [1.54, 1.807) is 19.5 Å². The van der Waals surface area contributed by atoms with Gasteiger partial charge in [-0.2, -0.15) is 5.10 Å². The molecule has 4 heterocycles. The van der Waals surface area contributed by atoms with Gasteiger partial charge in [0.15, 0.2) is 11.5 Å². The third-order valence-corrected chi connectivity index (χ3v) is 6.24. The smallest absolute Gasteiger partial charge is 0.180 e. The van der Waals surface area contributed by atoms with Gasteiger partial charge in [0.25, 0.3) is 0 Å². The maximum absolute atomic E-state index is 9.49. The van der Waals surface area contributed by atoms with Crippen LogP contribution < -0.4 is 15.0 Å². The van der Waals surface area contributed by atoms with Crippen LogP contribution in [0.1, 0.15) is 0 Å².